The van der Waals surface area contributed by atoms with E-state index in [1.54, 1.807) is 12.4 Å². The highest BCUT2D eigenvalue weighted by Gasteiger charge is 2.29. The molecule has 30 heavy (non-hydrogen) atoms. The van der Waals surface area contributed by atoms with Gasteiger partial charge in [0.15, 0.2) is 0 Å². The van der Waals surface area contributed by atoms with E-state index in [0.717, 1.165) is 47.5 Å². The Bertz CT molecular complexity index is 1210. The van der Waals surface area contributed by atoms with Gasteiger partial charge in [-0.05, 0) is 36.2 Å². The van der Waals surface area contributed by atoms with Gasteiger partial charge in [-0.15, -0.1) is 0 Å². The van der Waals surface area contributed by atoms with Gasteiger partial charge in [0.2, 0.25) is 0 Å². The third-order valence-electron chi connectivity index (χ3n) is 6.18. The second kappa shape index (κ2) is 6.88. The number of benzene rings is 1. The van der Waals surface area contributed by atoms with Crippen molar-refractivity contribution in [2.24, 2.45) is 0 Å². The van der Waals surface area contributed by atoms with Gasteiger partial charge in [-0.1, -0.05) is 18.2 Å². The summed E-state index contributed by atoms with van der Waals surface area (Å²) < 4.78 is 16.5. The van der Waals surface area contributed by atoms with Crippen molar-refractivity contribution in [3.8, 4) is 33.6 Å². The summed E-state index contributed by atoms with van der Waals surface area (Å²) in [6.45, 7) is 1.17. The van der Waals surface area contributed by atoms with Crippen LogP contribution in [-0.4, -0.2) is 44.2 Å². The second-order valence-corrected chi connectivity index (χ2v) is 8.00. The van der Waals surface area contributed by atoms with Crippen LogP contribution in [0.5, 0.6) is 0 Å². The smallest absolute Gasteiger partial charge is 0.135 e. The van der Waals surface area contributed by atoms with Crippen molar-refractivity contribution >= 4 is 0 Å². The van der Waals surface area contributed by atoms with Gasteiger partial charge in [0.1, 0.15) is 11.9 Å². The van der Waals surface area contributed by atoms with Crippen molar-refractivity contribution in [3.05, 3.63) is 66.2 Å². The maximum Gasteiger partial charge on any atom is 0.135 e. The molecule has 1 aliphatic carbocycles. The molecule has 4 heterocycles. The molecule has 1 aromatic carbocycles. The molecule has 4 aromatic rings. The lowest BCUT2D eigenvalue weighted by molar-refractivity contribution is 0.173. The molecule has 150 valence electrons. The van der Waals surface area contributed by atoms with Gasteiger partial charge in [-0.25, -0.2) is 4.39 Å². The number of aromatic nitrogens is 5. The molecular weight excluding hydrogens is 379 g/mol. The number of H-pyrrole nitrogens is 1. The maximum absolute atomic E-state index is 14.6. The van der Waals surface area contributed by atoms with Gasteiger partial charge in [-0.2, -0.15) is 10.2 Å². The highest BCUT2D eigenvalue weighted by atomic mass is 19.1. The fourth-order valence-corrected chi connectivity index (χ4v) is 4.64. The first-order valence-electron chi connectivity index (χ1n) is 10.3. The number of aromatic amines is 1. The summed E-state index contributed by atoms with van der Waals surface area (Å²) in [5.74, 6) is 0. The second-order valence-electron chi connectivity index (χ2n) is 8.00. The van der Waals surface area contributed by atoms with Crippen LogP contribution in [0.3, 0.4) is 0 Å². The molecule has 0 unspecified atom stereocenters. The van der Waals surface area contributed by atoms with Crippen LogP contribution in [0.2, 0.25) is 0 Å². The number of nitrogens with zero attached hydrogens (tertiary/aromatic N) is 4. The van der Waals surface area contributed by atoms with E-state index in [-0.39, 0.29) is 6.04 Å². The highest BCUT2D eigenvalue weighted by Crippen LogP contribution is 2.39. The van der Waals surface area contributed by atoms with Gasteiger partial charge < -0.3 is 5.32 Å². The van der Waals surface area contributed by atoms with E-state index in [1.807, 2.05) is 29.2 Å². The van der Waals surface area contributed by atoms with Crippen molar-refractivity contribution in [3.63, 3.8) is 0 Å². The Balaban J connectivity index is 1.47. The van der Waals surface area contributed by atoms with Crippen molar-refractivity contribution in [1.29, 1.82) is 0 Å². The molecule has 0 amide bonds. The number of halogens is 1. The van der Waals surface area contributed by atoms with E-state index < -0.39 is 6.17 Å². The third kappa shape index (κ3) is 2.77. The van der Waals surface area contributed by atoms with Crippen LogP contribution in [-0.2, 0) is 6.42 Å². The zero-order chi connectivity index (χ0) is 20.1. The lowest BCUT2D eigenvalue weighted by Crippen LogP contribution is -2.39. The minimum absolute atomic E-state index is 0.249. The summed E-state index contributed by atoms with van der Waals surface area (Å²) in [5, 5.41) is 15.2. The molecule has 1 fully saturated rings. The SMILES string of the molecule is F[C@@H]1CNCC[C@H]1n1cc(-c2ccc3c(c2)Cc2cn[nH]c2-3)c(-c2ccncc2)n1. The van der Waals surface area contributed by atoms with Crippen molar-refractivity contribution < 1.29 is 4.39 Å². The Labute approximate surface area is 173 Å². The van der Waals surface area contributed by atoms with Gasteiger partial charge in [0, 0.05) is 53.8 Å². The van der Waals surface area contributed by atoms with Crippen LogP contribution >= 0.6 is 0 Å². The van der Waals surface area contributed by atoms with E-state index in [0.29, 0.717) is 6.54 Å². The number of pyridine rings is 1. The number of hydrogen-bond donors (Lipinski definition) is 2. The first kappa shape index (κ1) is 17.5. The topological polar surface area (TPSA) is 71.4 Å². The molecule has 0 saturated carbocycles. The van der Waals surface area contributed by atoms with E-state index in [4.69, 9.17) is 5.10 Å². The molecular formula is C23H21FN6. The van der Waals surface area contributed by atoms with Gasteiger partial charge in [0.25, 0.3) is 0 Å². The highest BCUT2D eigenvalue weighted by molar-refractivity contribution is 5.83. The average molecular weight is 400 g/mol. The van der Waals surface area contributed by atoms with Crippen LogP contribution < -0.4 is 5.32 Å². The van der Waals surface area contributed by atoms with Crippen LogP contribution in [0.1, 0.15) is 23.6 Å². The largest absolute Gasteiger partial charge is 0.314 e. The van der Waals surface area contributed by atoms with Gasteiger partial charge in [0.05, 0.1) is 17.9 Å². The van der Waals surface area contributed by atoms with E-state index in [2.05, 4.69) is 38.7 Å². The molecule has 2 N–H and O–H groups in total. The fraction of sp³-hybridized carbons (Fsp3) is 0.261. The number of piperidine rings is 1. The Hall–Kier alpha value is -3.32. The number of rotatable bonds is 3. The Morgan fingerprint density at radius 3 is 2.80 bits per heavy atom. The minimum Gasteiger partial charge on any atom is -0.314 e. The molecule has 1 aliphatic heterocycles. The van der Waals surface area contributed by atoms with E-state index in [1.165, 1.54) is 16.7 Å². The maximum atomic E-state index is 14.6. The monoisotopic (exact) mass is 400 g/mol. The van der Waals surface area contributed by atoms with Crippen LogP contribution in [0.25, 0.3) is 33.6 Å². The third-order valence-corrected chi connectivity index (χ3v) is 6.18. The molecule has 0 radical (unpaired) electrons. The molecule has 3 aromatic heterocycles. The van der Waals surface area contributed by atoms with E-state index in [9.17, 15) is 4.39 Å². The molecule has 1 saturated heterocycles. The number of alkyl halides is 1. The van der Waals surface area contributed by atoms with E-state index >= 15 is 0 Å². The summed E-state index contributed by atoms with van der Waals surface area (Å²) in [6.07, 6.45) is 8.09. The van der Waals surface area contributed by atoms with Crippen molar-refractivity contribution in [2.75, 3.05) is 13.1 Å². The fourth-order valence-electron chi connectivity index (χ4n) is 4.64. The average Bonchev–Trinajstić information content (AvgIpc) is 3.49. The standard InChI is InChI=1S/C23H21FN6/c24-20-12-26-8-5-21(20)30-13-19(23(29-30)14-3-6-25-7-4-14)15-1-2-18-16(9-15)10-17-11-27-28-22(17)18/h1-4,6-7,9,11,13,20-21,26H,5,8,10,12H2,(H,27,28)/t20-,21-/m1/s1. The molecule has 0 bridgehead atoms. The lowest BCUT2D eigenvalue weighted by Gasteiger charge is -2.26. The zero-order valence-corrected chi connectivity index (χ0v) is 16.3. The number of hydrogen-bond acceptors (Lipinski definition) is 4. The lowest BCUT2D eigenvalue weighted by atomic mass is 9.98. The summed E-state index contributed by atoms with van der Waals surface area (Å²) in [5.41, 5.74) is 8.76. The quantitative estimate of drug-likeness (QED) is 0.484. The number of nitrogens with one attached hydrogen (secondary N) is 2. The number of fused-ring (bicyclic) bond motifs is 3. The summed E-state index contributed by atoms with van der Waals surface area (Å²) in [4.78, 5) is 4.13. The molecule has 6 nitrogen and oxygen atoms in total. The minimum atomic E-state index is -0.950. The summed E-state index contributed by atoms with van der Waals surface area (Å²) in [7, 11) is 0. The predicted octanol–water partition coefficient (Wildman–Crippen LogP) is 3.78. The Morgan fingerprint density at radius 1 is 1.03 bits per heavy atom. The molecule has 0 spiro atoms. The Kier molecular flexibility index (Phi) is 4.02. The van der Waals surface area contributed by atoms with Gasteiger partial charge in [-0.3, -0.25) is 14.8 Å². The van der Waals surface area contributed by atoms with Crippen LogP contribution in [0.4, 0.5) is 4.39 Å². The molecule has 2 aliphatic rings. The summed E-state index contributed by atoms with van der Waals surface area (Å²) in [6, 6.07) is 10.1. The first-order chi connectivity index (χ1) is 14.8. The van der Waals surface area contributed by atoms with Crippen molar-refractivity contribution in [1.82, 2.24) is 30.3 Å². The zero-order valence-electron chi connectivity index (χ0n) is 16.3. The normalized spacial score (nSPS) is 20.2. The Morgan fingerprint density at radius 2 is 1.93 bits per heavy atom. The summed E-state index contributed by atoms with van der Waals surface area (Å²) >= 11 is 0. The molecule has 2 atom stereocenters. The molecule has 6 rings (SSSR count). The predicted molar refractivity (Wildman–Crippen MR) is 113 cm³/mol. The van der Waals surface area contributed by atoms with Crippen molar-refractivity contribution in [2.45, 2.75) is 25.1 Å². The van der Waals surface area contributed by atoms with Gasteiger partial charge >= 0.3 is 0 Å². The molecule has 7 heteroatoms. The first-order valence-corrected chi connectivity index (χ1v) is 10.3. The van der Waals surface area contributed by atoms with Crippen LogP contribution in [0.15, 0.2) is 55.1 Å². The van der Waals surface area contributed by atoms with Crippen LogP contribution in [0, 0.1) is 0 Å².